The quantitative estimate of drug-likeness (QED) is 0.428. The van der Waals surface area contributed by atoms with Crippen molar-refractivity contribution in [2.45, 2.75) is 34.5 Å². The van der Waals surface area contributed by atoms with Crippen molar-refractivity contribution in [3.8, 4) is 0 Å². The maximum absolute atomic E-state index is 2.30. The summed E-state index contributed by atoms with van der Waals surface area (Å²) < 4.78 is 1.35. The molecule has 3 aromatic rings. The highest BCUT2D eigenvalue weighted by molar-refractivity contribution is 8.32. The van der Waals surface area contributed by atoms with Gasteiger partial charge in [-0.15, -0.1) is 35.3 Å². The van der Waals surface area contributed by atoms with Crippen molar-refractivity contribution in [2.24, 2.45) is 0 Å². The van der Waals surface area contributed by atoms with Crippen LogP contribution in [-0.4, -0.2) is 0 Å². The molecule has 1 fully saturated rings. The zero-order valence-electron chi connectivity index (χ0n) is 15.9. The number of benzene rings is 3. The van der Waals surface area contributed by atoms with Crippen LogP contribution in [0, 0.1) is 20.8 Å². The van der Waals surface area contributed by atoms with Gasteiger partial charge in [-0.05, 0) is 37.5 Å². The Morgan fingerprint density at radius 2 is 0.630 bits per heavy atom. The Balaban J connectivity index is 1.66. The van der Waals surface area contributed by atoms with E-state index in [1.165, 1.54) is 33.4 Å². The van der Waals surface area contributed by atoms with Gasteiger partial charge in [0.25, 0.3) is 0 Å². The van der Waals surface area contributed by atoms with Gasteiger partial charge in [0.05, 0.1) is 13.7 Å². The minimum atomic E-state index is 0.449. The Kier molecular flexibility index (Phi) is 5.91. The summed E-state index contributed by atoms with van der Waals surface area (Å²) in [6.07, 6.45) is 0. The average molecular weight is 409 g/mol. The fraction of sp³-hybridized carbons (Fsp3) is 0.250. The molecular formula is C24H24S3. The highest BCUT2D eigenvalue weighted by Gasteiger charge is 2.33. The van der Waals surface area contributed by atoms with Gasteiger partial charge in [-0.25, -0.2) is 0 Å². The van der Waals surface area contributed by atoms with Crippen LogP contribution in [0.4, 0.5) is 0 Å². The monoisotopic (exact) mass is 408 g/mol. The summed E-state index contributed by atoms with van der Waals surface area (Å²) in [6, 6.07) is 27.2. The molecular weight excluding hydrogens is 384 g/mol. The zero-order chi connectivity index (χ0) is 18.8. The molecule has 138 valence electrons. The van der Waals surface area contributed by atoms with Crippen LogP contribution in [0.5, 0.6) is 0 Å². The molecule has 27 heavy (non-hydrogen) atoms. The fourth-order valence-corrected chi connectivity index (χ4v) is 9.04. The summed E-state index contributed by atoms with van der Waals surface area (Å²) in [5.41, 5.74) is 8.23. The summed E-state index contributed by atoms with van der Waals surface area (Å²) in [6.45, 7) is 6.47. The van der Waals surface area contributed by atoms with Crippen LogP contribution in [0.15, 0.2) is 72.8 Å². The standard InChI is InChI=1S/C24H24S3/c1-16-4-10-19(11-5-16)22-25-23(20-12-6-17(2)7-13-20)27-24(26-22)21-14-8-18(3)9-15-21/h4-15,22-24H,1-3H3. The van der Waals surface area contributed by atoms with Gasteiger partial charge in [0.15, 0.2) is 0 Å². The Bertz CT molecular complexity index is 754. The summed E-state index contributed by atoms with van der Waals surface area (Å²) in [4.78, 5) is 0. The molecule has 1 saturated heterocycles. The molecule has 0 amide bonds. The predicted molar refractivity (Wildman–Crippen MR) is 125 cm³/mol. The lowest BCUT2D eigenvalue weighted by molar-refractivity contribution is 1.24. The molecule has 0 atom stereocenters. The third-order valence-corrected chi connectivity index (χ3v) is 9.91. The molecule has 0 spiro atoms. The molecule has 0 aromatic heterocycles. The number of hydrogen-bond donors (Lipinski definition) is 0. The summed E-state index contributed by atoms with van der Waals surface area (Å²) in [7, 11) is 0. The van der Waals surface area contributed by atoms with E-state index in [1.807, 2.05) is 0 Å². The smallest absolute Gasteiger partial charge is 0.0780 e. The lowest BCUT2D eigenvalue weighted by Gasteiger charge is -2.34. The molecule has 1 heterocycles. The van der Waals surface area contributed by atoms with Crippen molar-refractivity contribution in [1.29, 1.82) is 0 Å². The number of thioether (sulfide) groups is 3. The van der Waals surface area contributed by atoms with Crippen LogP contribution in [-0.2, 0) is 0 Å². The molecule has 3 aromatic carbocycles. The van der Waals surface area contributed by atoms with Crippen molar-refractivity contribution < 1.29 is 0 Å². The Morgan fingerprint density at radius 3 is 0.852 bits per heavy atom. The van der Waals surface area contributed by atoms with E-state index >= 15 is 0 Å². The molecule has 0 N–H and O–H groups in total. The molecule has 1 aliphatic heterocycles. The van der Waals surface area contributed by atoms with Crippen LogP contribution >= 0.6 is 35.3 Å². The highest BCUT2D eigenvalue weighted by atomic mass is 32.3. The Labute approximate surface area is 175 Å². The normalized spacial score (nSPS) is 22.6. The van der Waals surface area contributed by atoms with Crippen molar-refractivity contribution >= 4 is 35.3 Å². The van der Waals surface area contributed by atoms with Crippen molar-refractivity contribution in [1.82, 2.24) is 0 Å². The number of rotatable bonds is 3. The largest absolute Gasteiger partial charge is 0.123 e. The van der Waals surface area contributed by atoms with E-state index in [4.69, 9.17) is 0 Å². The third-order valence-electron chi connectivity index (χ3n) is 4.79. The van der Waals surface area contributed by atoms with Crippen LogP contribution in [0.3, 0.4) is 0 Å². The topological polar surface area (TPSA) is 0 Å². The molecule has 0 saturated carbocycles. The molecule has 3 heteroatoms. The zero-order valence-corrected chi connectivity index (χ0v) is 18.3. The minimum Gasteiger partial charge on any atom is -0.123 e. The van der Waals surface area contributed by atoms with E-state index in [-0.39, 0.29) is 0 Å². The van der Waals surface area contributed by atoms with Gasteiger partial charge in [0.1, 0.15) is 0 Å². The second kappa shape index (κ2) is 8.38. The molecule has 1 aliphatic rings. The van der Waals surface area contributed by atoms with Crippen LogP contribution in [0.1, 0.15) is 47.1 Å². The van der Waals surface area contributed by atoms with E-state index in [9.17, 15) is 0 Å². The second-order valence-electron chi connectivity index (χ2n) is 7.14. The van der Waals surface area contributed by atoms with Gasteiger partial charge in [-0.3, -0.25) is 0 Å². The van der Waals surface area contributed by atoms with E-state index in [2.05, 4.69) is 129 Å². The van der Waals surface area contributed by atoms with Crippen LogP contribution in [0.25, 0.3) is 0 Å². The van der Waals surface area contributed by atoms with Crippen molar-refractivity contribution in [3.63, 3.8) is 0 Å². The third kappa shape index (κ3) is 4.59. The molecule has 0 nitrogen and oxygen atoms in total. The Morgan fingerprint density at radius 1 is 0.407 bits per heavy atom. The van der Waals surface area contributed by atoms with Crippen LogP contribution in [0.2, 0.25) is 0 Å². The Hall–Kier alpha value is -1.29. The summed E-state index contributed by atoms with van der Waals surface area (Å²) in [5.74, 6) is 0. The lowest BCUT2D eigenvalue weighted by Crippen LogP contribution is -2.06. The number of aryl methyl sites for hydroxylation is 3. The predicted octanol–water partition coefficient (Wildman–Crippen LogP) is 8.22. The molecule has 0 unspecified atom stereocenters. The SMILES string of the molecule is Cc1ccc(C2SC(c3ccc(C)cc3)SC(c3ccc(C)cc3)S2)cc1. The lowest BCUT2D eigenvalue weighted by atomic mass is 10.2. The van der Waals surface area contributed by atoms with E-state index < -0.39 is 0 Å². The first-order chi connectivity index (χ1) is 13.1. The van der Waals surface area contributed by atoms with Gasteiger partial charge in [-0.2, -0.15) is 0 Å². The van der Waals surface area contributed by atoms with E-state index in [1.54, 1.807) is 0 Å². The van der Waals surface area contributed by atoms with E-state index in [0.717, 1.165) is 0 Å². The van der Waals surface area contributed by atoms with Crippen molar-refractivity contribution in [2.75, 3.05) is 0 Å². The van der Waals surface area contributed by atoms with Gasteiger partial charge in [0, 0.05) is 0 Å². The van der Waals surface area contributed by atoms with Gasteiger partial charge >= 0.3 is 0 Å². The first kappa shape index (κ1) is 19.0. The van der Waals surface area contributed by atoms with Crippen LogP contribution < -0.4 is 0 Å². The molecule has 0 radical (unpaired) electrons. The molecule has 0 bridgehead atoms. The van der Waals surface area contributed by atoms with Gasteiger partial charge < -0.3 is 0 Å². The average Bonchev–Trinajstić information content (AvgIpc) is 2.69. The van der Waals surface area contributed by atoms with Crippen molar-refractivity contribution in [3.05, 3.63) is 106 Å². The summed E-state index contributed by atoms with van der Waals surface area (Å²) >= 11 is 6.23. The first-order valence-electron chi connectivity index (χ1n) is 9.24. The summed E-state index contributed by atoms with van der Waals surface area (Å²) in [5, 5.41) is 0. The first-order valence-corrected chi connectivity index (χ1v) is 12.1. The van der Waals surface area contributed by atoms with Gasteiger partial charge in [-0.1, -0.05) is 89.5 Å². The van der Waals surface area contributed by atoms with E-state index in [0.29, 0.717) is 13.7 Å². The minimum absolute atomic E-state index is 0.449. The highest BCUT2D eigenvalue weighted by Crippen LogP contribution is 2.66. The van der Waals surface area contributed by atoms with Gasteiger partial charge in [0.2, 0.25) is 0 Å². The second-order valence-corrected chi connectivity index (χ2v) is 11.7. The molecule has 4 rings (SSSR count). The maximum Gasteiger partial charge on any atom is 0.0780 e. The maximum atomic E-state index is 2.30. The molecule has 0 aliphatic carbocycles. The fourth-order valence-electron chi connectivity index (χ4n) is 3.08. The number of hydrogen-bond acceptors (Lipinski definition) is 3.